The van der Waals surface area contributed by atoms with Gasteiger partial charge in [-0.2, -0.15) is 0 Å². The number of ether oxygens (including phenoxy) is 1. The van der Waals surface area contributed by atoms with E-state index in [9.17, 15) is 13.6 Å². The topological polar surface area (TPSA) is 31.2 Å². The molecular weight excluding hydrogens is 416 g/mol. The number of aryl methyl sites for hydroxylation is 3. The number of rotatable bonds is 4. The molecule has 0 spiro atoms. The van der Waals surface area contributed by atoms with Gasteiger partial charge in [0.1, 0.15) is 28.5 Å². The van der Waals surface area contributed by atoms with Gasteiger partial charge in [-0.3, -0.25) is 9.36 Å². The highest BCUT2D eigenvalue weighted by molar-refractivity contribution is 9.10. The maximum absolute atomic E-state index is 13.8. The molecule has 1 heterocycles. The highest BCUT2D eigenvalue weighted by Gasteiger charge is 2.17. The fourth-order valence-corrected chi connectivity index (χ4v) is 3.45. The summed E-state index contributed by atoms with van der Waals surface area (Å²) in [4.78, 5) is 12.9. The minimum atomic E-state index is -0.688. The Morgan fingerprint density at radius 3 is 2.15 bits per heavy atom. The van der Waals surface area contributed by atoms with E-state index >= 15 is 0 Å². The van der Waals surface area contributed by atoms with Crippen LogP contribution in [0.2, 0.25) is 0 Å². The zero-order valence-electron chi connectivity index (χ0n) is 15.1. The van der Waals surface area contributed by atoms with Crippen molar-refractivity contribution in [2.24, 2.45) is 0 Å². The summed E-state index contributed by atoms with van der Waals surface area (Å²) in [5.41, 5.74) is 2.93. The lowest BCUT2D eigenvalue weighted by Gasteiger charge is -2.18. The van der Waals surface area contributed by atoms with Crippen LogP contribution in [0.25, 0.3) is 5.69 Å². The first-order chi connectivity index (χ1) is 12.8. The van der Waals surface area contributed by atoms with Gasteiger partial charge in [-0.25, -0.2) is 8.78 Å². The molecule has 0 radical (unpaired) electrons. The van der Waals surface area contributed by atoms with Crippen LogP contribution in [-0.2, 0) is 6.61 Å². The molecule has 0 aliphatic heterocycles. The van der Waals surface area contributed by atoms with Crippen molar-refractivity contribution in [3.63, 3.8) is 0 Å². The monoisotopic (exact) mass is 433 g/mol. The average molecular weight is 434 g/mol. The van der Waals surface area contributed by atoms with E-state index in [2.05, 4.69) is 15.9 Å². The Morgan fingerprint density at radius 1 is 1.00 bits per heavy atom. The highest BCUT2D eigenvalue weighted by atomic mass is 79.9. The van der Waals surface area contributed by atoms with Crippen molar-refractivity contribution in [2.45, 2.75) is 27.4 Å². The van der Waals surface area contributed by atoms with Crippen molar-refractivity contribution in [1.29, 1.82) is 0 Å². The lowest BCUT2D eigenvalue weighted by molar-refractivity contribution is 0.289. The van der Waals surface area contributed by atoms with Crippen LogP contribution >= 0.6 is 15.9 Å². The molecule has 2 aromatic carbocycles. The third-order valence-corrected chi connectivity index (χ3v) is 5.13. The third kappa shape index (κ3) is 3.67. The van der Waals surface area contributed by atoms with E-state index in [1.54, 1.807) is 17.6 Å². The Hall–Kier alpha value is -2.47. The molecule has 3 rings (SSSR count). The van der Waals surface area contributed by atoms with Gasteiger partial charge < -0.3 is 4.74 Å². The lowest BCUT2D eigenvalue weighted by Crippen LogP contribution is -2.23. The van der Waals surface area contributed by atoms with E-state index in [0.717, 1.165) is 16.8 Å². The van der Waals surface area contributed by atoms with Crippen molar-refractivity contribution < 1.29 is 13.5 Å². The molecule has 6 heteroatoms. The lowest BCUT2D eigenvalue weighted by atomic mass is 10.1. The highest BCUT2D eigenvalue weighted by Crippen LogP contribution is 2.27. The van der Waals surface area contributed by atoms with E-state index in [1.165, 1.54) is 18.2 Å². The molecule has 1 aromatic heterocycles. The molecule has 3 nitrogen and oxygen atoms in total. The average Bonchev–Trinajstić information content (AvgIpc) is 2.61. The van der Waals surface area contributed by atoms with Crippen LogP contribution in [0.15, 0.2) is 51.7 Å². The molecular formula is C21H18BrF2NO2. The van der Waals surface area contributed by atoms with Crippen LogP contribution in [0.4, 0.5) is 8.78 Å². The SMILES string of the molecule is Cc1cccc(C)c1-n1c(C)cc(OCc2c(F)cccc2F)c(Br)c1=O. The Balaban J connectivity index is 2.02. The fraction of sp³-hybridized carbons (Fsp3) is 0.190. The molecule has 0 fully saturated rings. The summed E-state index contributed by atoms with van der Waals surface area (Å²) in [7, 11) is 0. The summed E-state index contributed by atoms with van der Waals surface area (Å²) in [6.45, 7) is 5.35. The van der Waals surface area contributed by atoms with Gasteiger partial charge in [0.25, 0.3) is 5.56 Å². The van der Waals surface area contributed by atoms with Gasteiger partial charge in [-0.15, -0.1) is 0 Å². The second kappa shape index (κ2) is 7.64. The Morgan fingerprint density at radius 2 is 1.56 bits per heavy atom. The predicted octanol–water partition coefficient (Wildman–Crippen LogP) is 5.38. The van der Waals surface area contributed by atoms with Crippen LogP contribution in [-0.4, -0.2) is 4.57 Å². The first-order valence-electron chi connectivity index (χ1n) is 8.35. The van der Waals surface area contributed by atoms with Crippen LogP contribution in [0, 0.1) is 32.4 Å². The third-order valence-electron chi connectivity index (χ3n) is 4.40. The zero-order chi connectivity index (χ0) is 19.7. The minimum Gasteiger partial charge on any atom is -0.487 e. The molecule has 140 valence electrons. The number of hydrogen-bond donors (Lipinski definition) is 0. The standard InChI is InChI=1S/C21H18BrF2NO2/c1-12-6-4-7-13(2)20(12)25-14(3)10-18(19(22)21(25)26)27-11-15-16(23)8-5-9-17(15)24/h4-10H,11H2,1-3H3. The Labute approximate surface area is 164 Å². The Kier molecular flexibility index (Phi) is 5.46. The molecule has 27 heavy (non-hydrogen) atoms. The van der Waals surface area contributed by atoms with Crippen molar-refractivity contribution >= 4 is 15.9 Å². The molecule has 0 atom stereocenters. The molecule has 0 saturated heterocycles. The normalized spacial score (nSPS) is 10.9. The summed E-state index contributed by atoms with van der Waals surface area (Å²) in [5.74, 6) is -1.14. The van der Waals surface area contributed by atoms with E-state index in [1.807, 2.05) is 32.0 Å². The van der Waals surface area contributed by atoms with Crippen molar-refractivity contribution in [3.8, 4) is 11.4 Å². The smallest absolute Gasteiger partial charge is 0.273 e. The van der Waals surface area contributed by atoms with Gasteiger partial charge in [0.2, 0.25) is 0 Å². The number of pyridine rings is 1. The quantitative estimate of drug-likeness (QED) is 0.552. The summed E-state index contributed by atoms with van der Waals surface area (Å²) in [6.07, 6.45) is 0. The number of nitrogens with zero attached hydrogens (tertiary/aromatic N) is 1. The molecule has 0 amide bonds. The molecule has 3 aromatic rings. The van der Waals surface area contributed by atoms with Crippen LogP contribution in [0.3, 0.4) is 0 Å². The molecule has 0 aliphatic rings. The van der Waals surface area contributed by atoms with Gasteiger partial charge in [-0.05, 0) is 60.0 Å². The maximum Gasteiger partial charge on any atom is 0.273 e. The predicted molar refractivity (Wildman–Crippen MR) is 105 cm³/mol. The van der Waals surface area contributed by atoms with Gasteiger partial charge in [0.15, 0.2) is 0 Å². The summed E-state index contributed by atoms with van der Waals surface area (Å²) < 4.78 is 34.9. The second-order valence-corrected chi connectivity index (χ2v) is 7.13. The van der Waals surface area contributed by atoms with E-state index in [0.29, 0.717) is 5.69 Å². The largest absolute Gasteiger partial charge is 0.487 e. The van der Waals surface area contributed by atoms with E-state index < -0.39 is 11.6 Å². The van der Waals surface area contributed by atoms with E-state index in [-0.39, 0.29) is 28.0 Å². The number of halogens is 3. The van der Waals surface area contributed by atoms with Gasteiger partial charge >= 0.3 is 0 Å². The number of para-hydroxylation sites is 1. The van der Waals surface area contributed by atoms with Gasteiger partial charge in [0, 0.05) is 11.8 Å². The summed E-state index contributed by atoms with van der Waals surface area (Å²) in [5, 5.41) is 0. The van der Waals surface area contributed by atoms with Crippen molar-refractivity contribution in [3.05, 3.63) is 91.3 Å². The summed E-state index contributed by atoms with van der Waals surface area (Å²) in [6, 6.07) is 11.1. The van der Waals surface area contributed by atoms with Crippen LogP contribution < -0.4 is 10.3 Å². The Bertz CT molecular complexity index is 1040. The second-order valence-electron chi connectivity index (χ2n) is 6.33. The fourth-order valence-electron chi connectivity index (χ4n) is 3.04. The summed E-state index contributed by atoms with van der Waals surface area (Å²) >= 11 is 3.28. The maximum atomic E-state index is 13.8. The van der Waals surface area contributed by atoms with E-state index in [4.69, 9.17) is 4.74 Å². The first-order valence-corrected chi connectivity index (χ1v) is 9.15. The molecule has 0 aliphatic carbocycles. The first kappa shape index (κ1) is 19.3. The van der Waals surface area contributed by atoms with Crippen LogP contribution in [0.1, 0.15) is 22.4 Å². The van der Waals surface area contributed by atoms with Crippen LogP contribution in [0.5, 0.6) is 5.75 Å². The number of hydrogen-bond acceptors (Lipinski definition) is 2. The number of aromatic nitrogens is 1. The zero-order valence-corrected chi connectivity index (χ0v) is 16.7. The molecule has 0 N–H and O–H groups in total. The van der Waals surface area contributed by atoms with Crippen molar-refractivity contribution in [1.82, 2.24) is 4.57 Å². The number of benzene rings is 2. The van der Waals surface area contributed by atoms with Crippen molar-refractivity contribution in [2.75, 3.05) is 0 Å². The molecule has 0 unspecified atom stereocenters. The minimum absolute atomic E-state index is 0.180. The molecule has 0 bridgehead atoms. The van der Waals surface area contributed by atoms with Gasteiger partial charge in [0.05, 0.1) is 11.3 Å². The molecule has 0 saturated carbocycles. The van der Waals surface area contributed by atoms with Gasteiger partial charge in [-0.1, -0.05) is 24.3 Å².